The summed E-state index contributed by atoms with van der Waals surface area (Å²) in [7, 11) is 0. The van der Waals surface area contributed by atoms with Crippen molar-refractivity contribution in [3.05, 3.63) is 0 Å². The molecule has 2 fully saturated rings. The van der Waals surface area contributed by atoms with Crippen LogP contribution in [0.1, 0.15) is 26.2 Å². The Morgan fingerprint density at radius 1 is 1.36 bits per heavy atom. The Morgan fingerprint density at radius 2 is 2.09 bits per heavy atom. The number of nitrogens with one attached hydrogen (secondary N) is 1. The van der Waals surface area contributed by atoms with Crippen molar-refractivity contribution in [2.24, 2.45) is 5.41 Å². The summed E-state index contributed by atoms with van der Waals surface area (Å²) in [5, 5.41) is 3.40. The molecule has 1 spiro atoms. The molecule has 0 unspecified atom stereocenters. The van der Waals surface area contributed by atoms with Gasteiger partial charge < -0.3 is 10.1 Å². The molecule has 1 N–H and O–H groups in total. The Morgan fingerprint density at radius 3 is 2.64 bits per heavy atom. The molecule has 2 aliphatic heterocycles. The van der Waals surface area contributed by atoms with E-state index in [0.717, 1.165) is 6.61 Å². The van der Waals surface area contributed by atoms with E-state index in [2.05, 4.69) is 12.2 Å². The van der Waals surface area contributed by atoms with Crippen LogP contribution in [0.15, 0.2) is 0 Å². The van der Waals surface area contributed by atoms with Gasteiger partial charge in [0.05, 0.1) is 12.7 Å². The van der Waals surface area contributed by atoms with Gasteiger partial charge in [-0.2, -0.15) is 0 Å². The molecule has 2 heteroatoms. The molecule has 2 nitrogen and oxygen atoms in total. The largest absolute Gasteiger partial charge is 0.378 e. The first-order chi connectivity index (χ1) is 5.31. The Bertz CT molecular complexity index is 135. The summed E-state index contributed by atoms with van der Waals surface area (Å²) in [5.41, 5.74) is 0.560. The maximum Gasteiger partial charge on any atom is 0.0553 e. The van der Waals surface area contributed by atoms with E-state index in [-0.39, 0.29) is 0 Å². The third-order valence-corrected chi connectivity index (χ3v) is 3.06. The van der Waals surface area contributed by atoms with Crippen molar-refractivity contribution >= 4 is 0 Å². The summed E-state index contributed by atoms with van der Waals surface area (Å²) < 4.78 is 5.62. The summed E-state index contributed by atoms with van der Waals surface area (Å²) in [4.78, 5) is 0. The molecule has 2 rings (SSSR count). The van der Waals surface area contributed by atoms with E-state index in [1.807, 2.05) is 0 Å². The quantitative estimate of drug-likeness (QED) is 0.567. The molecular weight excluding hydrogens is 138 g/mol. The standard InChI is InChI=1S/C9H17NO/c1-8-6-9(7-11-8)2-4-10-5-3-9/h8,10H,2-7H2,1H3/t8-/m0/s1. The van der Waals surface area contributed by atoms with Gasteiger partial charge in [0.1, 0.15) is 0 Å². The molecule has 11 heavy (non-hydrogen) atoms. The van der Waals surface area contributed by atoms with Crippen LogP contribution in [-0.2, 0) is 4.74 Å². The van der Waals surface area contributed by atoms with E-state index in [9.17, 15) is 0 Å². The van der Waals surface area contributed by atoms with Crippen molar-refractivity contribution < 1.29 is 4.74 Å². The van der Waals surface area contributed by atoms with E-state index >= 15 is 0 Å². The third-order valence-electron chi connectivity index (χ3n) is 3.06. The van der Waals surface area contributed by atoms with Gasteiger partial charge in [-0.25, -0.2) is 0 Å². The van der Waals surface area contributed by atoms with Crippen LogP contribution in [0.5, 0.6) is 0 Å². The highest BCUT2D eigenvalue weighted by Crippen LogP contribution is 2.39. The first-order valence-corrected chi connectivity index (χ1v) is 4.63. The zero-order chi connectivity index (χ0) is 7.73. The van der Waals surface area contributed by atoms with E-state index in [1.165, 1.54) is 32.4 Å². The number of piperidine rings is 1. The Balaban J connectivity index is 1.98. The summed E-state index contributed by atoms with van der Waals surface area (Å²) in [6.45, 7) is 5.58. The molecule has 2 aliphatic rings. The highest BCUT2D eigenvalue weighted by atomic mass is 16.5. The van der Waals surface area contributed by atoms with Crippen molar-refractivity contribution in [2.75, 3.05) is 19.7 Å². The predicted octanol–water partition coefficient (Wildman–Crippen LogP) is 1.17. The predicted molar refractivity (Wildman–Crippen MR) is 44.6 cm³/mol. The van der Waals surface area contributed by atoms with Crippen molar-refractivity contribution in [2.45, 2.75) is 32.3 Å². The lowest BCUT2D eigenvalue weighted by Crippen LogP contribution is -2.37. The minimum atomic E-state index is 0.507. The van der Waals surface area contributed by atoms with Crippen LogP contribution in [0.4, 0.5) is 0 Å². The molecule has 64 valence electrons. The smallest absolute Gasteiger partial charge is 0.0553 e. The van der Waals surface area contributed by atoms with Crippen molar-refractivity contribution in [1.82, 2.24) is 5.32 Å². The van der Waals surface area contributed by atoms with Gasteiger partial charge >= 0.3 is 0 Å². The topological polar surface area (TPSA) is 21.3 Å². The number of hydrogen-bond donors (Lipinski definition) is 1. The summed E-state index contributed by atoms with van der Waals surface area (Å²) in [6.07, 6.45) is 4.43. The Kier molecular flexibility index (Phi) is 1.90. The molecule has 0 bridgehead atoms. The SMILES string of the molecule is C[C@H]1CC2(CCNCC2)CO1. The highest BCUT2D eigenvalue weighted by molar-refractivity contribution is 4.90. The minimum Gasteiger partial charge on any atom is -0.378 e. The molecule has 0 aromatic rings. The number of ether oxygens (including phenoxy) is 1. The summed E-state index contributed by atoms with van der Waals surface area (Å²) in [5.74, 6) is 0. The van der Waals surface area contributed by atoms with Crippen LogP contribution in [-0.4, -0.2) is 25.8 Å². The van der Waals surface area contributed by atoms with Crippen LogP contribution in [0.3, 0.4) is 0 Å². The number of hydrogen-bond acceptors (Lipinski definition) is 2. The lowest BCUT2D eigenvalue weighted by atomic mass is 9.77. The Hall–Kier alpha value is -0.0800. The molecule has 0 aromatic heterocycles. The van der Waals surface area contributed by atoms with Crippen LogP contribution in [0.25, 0.3) is 0 Å². The van der Waals surface area contributed by atoms with Gasteiger partial charge in [0, 0.05) is 0 Å². The fourth-order valence-corrected chi connectivity index (χ4v) is 2.35. The van der Waals surface area contributed by atoms with Crippen molar-refractivity contribution in [3.8, 4) is 0 Å². The lowest BCUT2D eigenvalue weighted by Gasteiger charge is -2.32. The van der Waals surface area contributed by atoms with E-state index < -0.39 is 0 Å². The van der Waals surface area contributed by atoms with Crippen LogP contribution >= 0.6 is 0 Å². The normalized spacial score (nSPS) is 36.3. The minimum absolute atomic E-state index is 0.507. The van der Waals surface area contributed by atoms with Crippen molar-refractivity contribution in [1.29, 1.82) is 0 Å². The van der Waals surface area contributed by atoms with Gasteiger partial charge in [-0.15, -0.1) is 0 Å². The molecule has 0 aliphatic carbocycles. The average molecular weight is 155 g/mol. The Labute approximate surface area is 68.3 Å². The van der Waals surface area contributed by atoms with Gasteiger partial charge in [-0.1, -0.05) is 0 Å². The monoisotopic (exact) mass is 155 g/mol. The molecule has 1 atom stereocenters. The molecule has 0 saturated carbocycles. The van der Waals surface area contributed by atoms with Crippen LogP contribution < -0.4 is 5.32 Å². The maximum absolute atomic E-state index is 5.62. The first kappa shape index (κ1) is 7.56. The molecule has 0 aromatic carbocycles. The summed E-state index contributed by atoms with van der Waals surface area (Å²) >= 11 is 0. The molecule has 0 radical (unpaired) electrons. The number of rotatable bonds is 0. The van der Waals surface area contributed by atoms with Crippen LogP contribution in [0.2, 0.25) is 0 Å². The van der Waals surface area contributed by atoms with Gasteiger partial charge in [-0.05, 0) is 44.7 Å². The van der Waals surface area contributed by atoms with E-state index in [4.69, 9.17) is 4.74 Å². The third kappa shape index (κ3) is 1.42. The van der Waals surface area contributed by atoms with Crippen molar-refractivity contribution in [3.63, 3.8) is 0 Å². The van der Waals surface area contributed by atoms with Gasteiger partial charge in [0.2, 0.25) is 0 Å². The lowest BCUT2D eigenvalue weighted by molar-refractivity contribution is 0.0952. The van der Waals surface area contributed by atoms with Gasteiger partial charge in [-0.3, -0.25) is 0 Å². The molecule has 2 saturated heterocycles. The highest BCUT2D eigenvalue weighted by Gasteiger charge is 2.38. The maximum atomic E-state index is 5.62. The summed E-state index contributed by atoms with van der Waals surface area (Å²) in [6, 6.07) is 0. The molecular formula is C9H17NO. The van der Waals surface area contributed by atoms with Crippen LogP contribution in [0, 0.1) is 5.41 Å². The zero-order valence-electron chi connectivity index (χ0n) is 7.23. The fraction of sp³-hybridized carbons (Fsp3) is 1.00. The molecule has 2 heterocycles. The fourth-order valence-electron chi connectivity index (χ4n) is 2.35. The average Bonchev–Trinajstić information content (AvgIpc) is 2.34. The van der Waals surface area contributed by atoms with Gasteiger partial charge in [0.15, 0.2) is 0 Å². The second-order valence-corrected chi connectivity index (χ2v) is 4.08. The molecule has 0 amide bonds. The van der Waals surface area contributed by atoms with E-state index in [0.29, 0.717) is 11.5 Å². The zero-order valence-corrected chi connectivity index (χ0v) is 7.23. The first-order valence-electron chi connectivity index (χ1n) is 4.63. The van der Waals surface area contributed by atoms with E-state index in [1.54, 1.807) is 0 Å². The second kappa shape index (κ2) is 2.76. The second-order valence-electron chi connectivity index (χ2n) is 4.08. The van der Waals surface area contributed by atoms with Gasteiger partial charge in [0.25, 0.3) is 0 Å².